The van der Waals surface area contributed by atoms with Gasteiger partial charge >= 0.3 is 12.2 Å². The van der Waals surface area contributed by atoms with E-state index in [1.807, 2.05) is 26.0 Å². The van der Waals surface area contributed by atoms with Gasteiger partial charge in [0.1, 0.15) is 23.4 Å². The van der Waals surface area contributed by atoms with Crippen molar-refractivity contribution in [2.45, 2.75) is 83.8 Å². The Morgan fingerprint density at radius 3 is 2.19 bits per heavy atom. The molecule has 54 heavy (non-hydrogen) atoms. The Morgan fingerprint density at radius 1 is 0.889 bits per heavy atom. The van der Waals surface area contributed by atoms with Crippen LogP contribution in [0.5, 0.6) is 0 Å². The van der Waals surface area contributed by atoms with Gasteiger partial charge < -0.3 is 30.0 Å². The van der Waals surface area contributed by atoms with Gasteiger partial charge in [-0.1, -0.05) is 70.9 Å². The van der Waals surface area contributed by atoms with Crippen LogP contribution in [0.2, 0.25) is 0 Å². The number of benzene rings is 2. The number of carbonyl (C=O) groups excluding carboxylic acids is 2. The average Bonchev–Trinajstić information content (AvgIpc) is 3.98. The van der Waals surface area contributed by atoms with Crippen molar-refractivity contribution in [3.63, 3.8) is 0 Å². The number of alkyl carbamates (subject to hydrolysis) is 1. The number of aromatic nitrogens is 4. The van der Waals surface area contributed by atoms with Crippen LogP contribution < -0.4 is 5.32 Å². The lowest BCUT2D eigenvalue weighted by atomic mass is 9.86. The maximum atomic E-state index is 13.7. The predicted molar refractivity (Wildman–Crippen MR) is 205 cm³/mol. The number of imidazole rings is 2. The molecular formula is C42H47N7O5. The van der Waals surface area contributed by atoms with E-state index in [4.69, 9.17) is 9.72 Å². The van der Waals surface area contributed by atoms with Crippen LogP contribution in [0.3, 0.4) is 0 Å². The van der Waals surface area contributed by atoms with Crippen LogP contribution in [0, 0.1) is 29.6 Å². The molecule has 12 heteroatoms. The number of carboxylic acid groups (broad SMARTS) is 1. The molecule has 3 atom stereocenters. The van der Waals surface area contributed by atoms with Crippen molar-refractivity contribution in [2.75, 3.05) is 20.2 Å². The monoisotopic (exact) mass is 729 g/mol. The highest BCUT2D eigenvalue weighted by atomic mass is 16.5. The molecule has 0 aliphatic carbocycles. The number of amides is 3. The molecule has 2 aliphatic heterocycles. The van der Waals surface area contributed by atoms with E-state index in [2.05, 4.69) is 95.1 Å². The minimum atomic E-state index is -0.950. The van der Waals surface area contributed by atoms with Crippen LogP contribution in [0.4, 0.5) is 9.59 Å². The van der Waals surface area contributed by atoms with E-state index in [1.54, 1.807) is 17.3 Å². The quantitative estimate of drug-likeness (QED) is 0.149. The zero-order valence-corrected chi connectivity index (χ0v) is 31.6. The number of nitrogens with one attached hydrogen (secondary N) is 3. The molecule has 6 rings (SSSR count). The summed E-state index contributed by atoms with van der Waals surface area (Å²) < 4.78 is 4.78. The van der Waals surface area contributed by atoms with E-state index < -0.39 is 18.2 Å². The number of ether oxygens (including phenoxy) is 1. The summed E-state index contributed by atoms with van der Waals surface area (Å²) in [4.78, 5) is 56.3. The maximum Gasteiger partial charge on any atom is 0.407 e. The molecule has 4 aromatic rings. The van der Waals surface area contributed by atoms with Crippen molar-refractivity contribution in [2.24, 2.45) is 5.92 Å². The molecule has 12 nitrogen and oxygen atoms in total. The van der Waals surface area contributed by atoms with Crippen LogP contribution in [-0.2, 0) is 14.9 Å². The lowest BCUT2D eigenvalue weighted by Crippen LogP contribution is -2.51. The summed E-state index contributed by atoms with van der Waals surface area (Å²) in [6.07, 6.45) is 4.91. The Labute approximate surface area is 316 Å². The van der Waals surface area contributed by atoms with Crippen LogP contribution in [0.1, 0.15) is 101 Å². The SMILES string of the molecule is COC(=O)N[C@H](C(=O)N1CCC[C@H]1c1ncc(-c2ccc(C#CC#Cc3cnc([C@@H]4CCCN4C(=O)O)[nH]3)c(-c3ccc(C(C)(C)C)cc3)c2)[nH]1)C(C)C. The van der Waals surface area contributed by atoms with Crippen molar-refractivity contribution < 1.29 is 24.2 Å². The molecule has 0 radical (unpaired) electrons. The summed E-state index contributed by atoms with van der Waals surface area (Å²) >= 11 is 0. The number of methoxy groups -OCH3 is 1. The van der Waals surface area contributed by atoms with E-state index in [0.29, 0.717) is 30.4 Å². The third kappa shape index (κ3) is 8.29. The number of H-pyrrole nitrogens is 2. The van der Waals surface area contributed by atoms with Crippen LogP contribution >= 0.6 is 0 Å². The molecule has 2 saturated heterocycles. The Morgan fingerprint density at radius 2 is 1.52 bits per heavy atom. The van der Waals surface area contributed by atoms with Gasteiger partial charge in [0.05, 0.1) is 37.3 Å². The van der Waals surface area contributed by atoms with Gasteiger partial charge in [0.15, 0.2) is 0 Å². The number of aromatic amines is 2. The minimum absolute atomic E-state index is 0.00119. The van der Waals surface area contributed by atoms with E-state index in [1.165, 1.54) is 17.6 Å². The topological polar surface area (TPSA) is 157 Å². The molecule has 2 fully saturated rings. The average molecular weight is 730 g/mol. The Balaban J connectivity index is 1.27. The zero-order chi connectivity index (χ0) is 38.6. The van der Waals surface area contributed by atoms with E-state index in [-0.39, 0.29) is 29.3 Å². The molecule has 4 N–H and O–H groups in total. The van der Waals surface area contributed by atoms with E-state index in [9.17, 15) is 19.5 Å². The summed E-state index contributed by atoms with van der Waals surface area (Å²) in [5.41, 5.74) is 6.25. The molecule has 2 aromatic carbocycles. The molecule has 0 unspecified atom stereocenters. The van der Waals surface area contributed by atoms with Gasteiger partial charge in [-0.05, 0) is 83.6 Å². The first-order valence-electron chi connectivity index (χ1n) is 18.4. The first kappa shape index (κ1) is 37.7. The largest absolute Gasteiger partial charge is 0.465 e. The van der Waals surface area contributed by atoms with Crippen molar-refractivity contribution in [1.82, 2.24) is 35.1 Å². The van der Waals surface area contributed by atoms with Gasteiger partial charge in [-0.15, -0.1) is 0 Å². The maximum absolute atomic E-state index is 13.7. The lowest BCUT2D eigenvalue weighted by molar-refractivity contribution is -0.135. The molecule has 280 valence electrons. The minimum Gasteiger partial charge on any atom is -0.465 e. The smallest absolute Gasteiger partial charge is 0.407 e. The zero-order valence-electron chi connectivity index (χ0n) is 31.6. The molecular weight excluding hydrogens is 683 g/mol. The molecule has 0 spiro atoms. The summed E-state index contributed by atoms with van der Waals surface area (Å²) in [6, 6.07) is 13.3. The van der Waals surface area contributed by atoms with Gasteiger partial charge in [0, 0.05) is 24.2 Å². The number of nitrogens with zero attached hydrogens (tertiary/aromatic N) is 4. The first-order valence-corrected chi connectivity index (χ1v) is 18.4. The summed E-state index contributed by atoms with van der Waals surface area (Å²) in [7, 11) is 1.29. The number of likely N-dealkylation sites (tertiary alicyclic amines) is 2. The second-order valence-electron chi connectivity index (χ2n) is 15.1. The number of carbonyl (C=O) groups is 3. The number of rotatable bonds is 7. The molecule has 3 amide bonds. The van der Waals surface area contributed by atoms with E-state index >= 15 is 0 Å². The fourth-order valence-electron chi connectivity index (χ4n) is 7.10. The summed E-state index contributed by atoms with van der Waals surface area (Å²) in [5.74, 6) is 13.2. The fraction of sp³-hybridized carbons (Fsp3) is 0.405. The number of hydrogen-bond donors (Lipinski definition) is 4. The normalized spacial score (nSPS) is 17.4. The third-order valence-corrected chi connectivity index (χ3v) is 10.1. The van der Waals surface area contributed by atoms with Crippen LogP contribution in [0.25, 0.3) is 22.4 Å². The summed E-state index contributed by atoms with van der Waals surface area (Å²) in [5, 5.41) is 12.2. The highest BCUT2D eigenvalue weighted by molar-refractivity contribution is 5.86. The van der Waals surface area contributed by atoms with Crippen molar-refractivity contribution in [1.29, 1.82) is 0 Å². The van der Waals surface area contributed by atoms with Gasteiger partial charge in [-0.2, -0.15) is 0 Å². The number of hydrogen-bond acceptors (Lipinski definition) is 6. The highest BCUT2D eigenvalue weighted by Gasteiger charge is 2.37. The predicted octanol–water partition coefficient (Wildman–Crippen LogP) is 7.03. The second kappa shape index (κ2) is 15.9. The Hall–Kier alpha value is -6.01. The highest BCUT2D eigenvalue weighted by Crippen LogP contribution is 2.35. The molecule has 4 heterocycles. The Kier molecular flexibility index (Phi) is 11.1. The van der Waals surface area contributed by atoms with E-state index in [0.717, 1.165) is 53.6 Å². The van der Waals surface area contributed by atoms with Crippen LogP contribution in [-0.4, -0.2) is 79.2 Å². The lowest BCUT2D eigenvalue weighted by Gasteiger charge is -2.30. The molecule has 0 saturated carbocycles. The molecule has 0 bridgehead atoms. The van der Waals surface area contributed by atoms with Gasteiger partial charge in [0.2, 0.25) is 5.91 Å². The third-order valence-electron chi connectivity index (χ3n) is 10.1. The van der Waals surface area contributed by atoms with Crippen molar-refractivity contribution >= 4 is 18.1 Å². The standard InChI is InChI=1S/C42H47N7O5/c1-26(2)36(47-40(51)54-6)39(50)48-21-9-13-34(48)38-44-25-33(46-38)29-16-15-27(32(23-29)28-17-19-30(20-18-28)42(3,4)5)11-7-8-12-31-24-43-37(45-31)35-14-10-22-49(35)41(52)53/h15-20,23-26,34-36H,9-10,13-14,21-22H2,1-6H3,(H,43,45)(H,44,46)(H,47,51)(H,52,53)/t34-,35-,36-/m0/s1. The Bertz CT molecular complexity index is 2140. The van der Waals surface area contributed by atoms with Gasteiger partial charge in [0.25, 0.3) is 0 Å². The fourth-order valence-corrected chi connectivity index (χ4v) is 7.10. The summed E-state index contributed by atoms with van der Waals surface area (Å²) in [6.45, 7) is 11.4. The van der Waals surface area contributed by atoms with Gasteiger partial charge in [-0.3, -0.25) is 9.69 Å². The van der Waals surface area contributed by atoms with Crippen LogP contribution in [0.15, 0.2) is 54.9 Å². The molecule has 2 aliphatic rings. The second-order valence-corrected chi connectivity index (χ2v) is 15.1. The first-order chi connectivity index (χ1) is 25.8. The van der Waals surface area contributed by atoms with Crippen molar-refractivity contribution in [3.05, 3.63) is 83.3 Å². The molecule has 2 aromatic heterocycles. The van der Waals surface area contributed by atoms with Gasteiger partial charge in [-0.25, -0.2) is 19.6 Å². The van der Waals surface area contributed by atoms with Crippen molar-refractivity contribution in [3.8, 4) is 46.1 Å².